The van der Waals surface area contributed by atoms with Crippen LogP contribution >= 0.6 is 0 Å². The van der Waals surface area contributed by atoms with Crippen LogP contribution in [0.1, 0.15) is 37.0 Å². The molecule has 0 saturated carbocycles. The van der Waals surface area contributed by atoms with Crippen LogP contribution in [0.5, 0.6) is 5.75 Å². The molecule has 1 heterocycles. The summed E-state index contributed by atoms with van der Waals surface area (Å²) in [5.41, 5.74) is 1.94. The molecule has 3 heteroatoms. The number of benzene rings is 1. The maximum Gasteiger partial charge on any atom is 0.171 e. The molecule has 0 spiro atoms. The molecule has 1 N–H and O–H groups in total. The number of aliphatic hydroxyl groups excluding tert-OH is 1. The van der Waals surface area contributed by atoms with Gasteiger partial charge in [0.05, 0.1) is 6.10 Å². The van der Waals surface area contributed by atoms with E-state index in [9.17, 15) is 5.11 Å². The second kappa shape index (κ2) is 3.98. The predicted octanol–water partition coefficient (Wildman–Crippen LogP) is 2.34. The highest BCUT2D eigenvalue weighted by Gasteiger charge is 2.16. The van der Waals surface area contributed by atoms with Crippen molar-refractivity contribution in [2.75, 3.05) is 0 Å². The number of rotatable bonds is 3. The number of aliphatic hydroxyl groups is 1. The standard InChI is InChI=1S/C11H14O3/c1-2-3-10(12)8-4-5-9-7-13-14-11(9)6-8/h4-6,10,12H,2-3,7H2,1H3. The number of hydrogen-bond donors (Lipinski definition) is 1. The highest BCUT2D eigenvalue weighted by atomic mass is 17.2. The van der Waals surface area contributed by atoms with Gasteiger partial charge in [0.2, 0.25) is 0 Å². The van der Waals surface area contributed by atoms with E-state index >= 15 is 0 Å². The lowest BCUT2D eigenvalue weighted by atomic mass is 10.0. The van der Waals surface area contributed by atoms with E-state index in [-0.39, 0.29) is 0 Å². The molecule has 1 unspecified atom stereocenters. The third-order valence-corrected chi connectivity index (χ3v) is 2.40. The smallest absolute Gasteiger partial charge is 0.171 e. The van der Waals surface area contributed by atoms with Crippen molar-refractivity contribution in [3.63, 3.8) is 0 Å². The molecular weight excluding hydrogens is 180 g/mol. The van der Waals surface area contributed by atoms with Gasteiger partial charge in [-0.15, -0.1) is 0 Å². The van der Waals surface area contributed by atoms with Crippen LogP contribution in [0, 0.1) is 0 Å². The van der Waals surface area contributed by atoms with Gasteiger partial charge in [0, 0.05) is 5.56 Å². The molecule has 0 aromatic heterocycles. The van der Waals surface area contributed by atoms with Gasteiger partial charge >= 0.3 is 0 Å². The highest BCUT2D eigenvalue weighted by Crippen LogP contribution is 2.30. The molecule has 1 aliphatic rings. The van der Waals surface area contributed by atoms with Crippen LogP contribution in [-0.2, 0) is 11.5 Å². The first-order chi connectivity index (χ1) is 6.81. The second-order valence-corrected chi connectivity index (χ2v) is 3.52. The molecule has 1 aromatic carbocycles. The second-order valence-electron chi connectivity index (χ2n) is 3.52. The van der Waals surface area contributed by atoms with E-state index in [0.717, 1.165) is 29.7 Å². The molecule has 0 bridgehead atoms. The summed E-state index contributed by atoms with van der Waals surface area (Å²) in [5.74, 6) is 0.734. The van der Waals surface area contributed by atoms with Gasteiger partial charge in [-0.05, 0) is 18.1 Å². The van der Waals surface area contributed by atoms with Gasteiger partial charge in [0.25, 0.3) is 0 Å². The first kappa shape index (κ1) is 9.49. The molecule has 0 aliphatic carbocycles. The van der Waals surface area contributed by atoms with Crippen LogP contribution in [0.25, 0.3) is 0 Å². The third kappa shape index (κ3) is 1.74. The number of hydrogen-bond acceptors (Lipinski definition) is 3. The van der Waals surface area contributed by atoms with Crippen LogP contribution < -0.4 is 4.89 Å². The lowest BCUT2D eigenvalue weighted by Gasteiger charge is -2.09. The van der Waals surface area contributed by atoms with Crippen molar-refractivity contribution in [1.29, 1.82) is 0 Å². The molecule has 2 rings (SSSR count). The molecule has 0 amide bonds. The normalized spacial score (nSPS) is 16.1. The Morgan fingerprint density at radius 1 is 1.50 bits per heavy atom. The number of fused-ring (bicyclic) bond motifs is 1. The molecule has 3 nitrogen and oxygen atoms in total. The SMILES string of the molecule is CCCC(O)c1ccc2c(c1)OOC2. The fraction of sp³-hybridized carbons (Fsp3) is 0.455. The molecule has 76 valence electrons. The van der Waals surface area contributed by atoms with Crippen molar-refractivity contribution < 1.29 is 14.9 Å². The van der Waals surface area contributed by atoms with Gasteiger partial charge in [-0.1, -0.05) is 25.5 Å². The topological polar surface area (TPSA) is 38.7 Å². The summed E-state index contributed by atoms with van der Waals surface area (Å²) < 4.78 is 0. The van der Waals surface area contributed by atoms with Crippen LogP contribution in [-0.4, -0.2) is 5.11 Å². The van der Waals surface area contributed by atoms with Crippen LogP contribution in [0.4, 0.5) is 0 Å². The van der Waals surface area contributed by atoms with E-state index < -0.39 is 6.10 Å². The predicted molar refractivity (Wildman–Crippen MR) is 51.7 cm³/mol. The molecule has 0 saturated heterocycles. The quantitative estimate of drug-likeness (QED) is 0.750. The van der Waals surface area contributed by atoms with Gasteiger partial charge in [-0.25, -0.2) is 0 Å². The summed E-state index contributed by atoms with van der Waals surface area (Å²) in [6.07, 6.45) is 1.35. The Labute approximate surface area is 83.2 Å². The van der Waals surface area contributed by atoms with E-state index in [4.69, 9.17) is 9.78 Å². The molecule has 0 fully saturated rings. The Balaban J connectivity index is 2.19. The van der Waals surface area contributed by atoms with Gasteiger partial charge in [-0.2, -0.15) is 4.89 Å². The van der Waals surface area contributed by atoms with Crippen molar-refractivity contribution in [3.8, 4) is 5.75 Å². The Hall–Kier alpha value is -1.06. The minimum atomic E-state index is -0.394. The largest absolute Gasteiger partial charge is 0.388 e. The average Bonchev–Trinajstić information content (AvgIpc) is 2.64. The van der Waals surface area contributed by atoms with Crippen molar-refractivity contribution in [2.45, 2.75) is 32.5 Å². The first-order valence-corrected chi connectivity index (χ1v) is 4.91. The van der Waals surface area contributed by atoms with Crippen LogP contribution in [0.2, 0.25) is 0 Å². The zero-order valence-electron chi connectivity index (χ0n) is 8.19. The Morgan fingerprint density at radius 3 is 3.14 bits per heavy atom. The minimum absolute atomic E-state index is 0.394. The highest BCUT2D eigenvalue weighted by molar-refractivity contribution is 5.38. The fourth-order valence-corrected chi connectivity index (χ4v) is 1.57. The third-order valence-electron chi connectivity index (χ3n) is 2.40. The molecule has 1 aromatic rings. The summed E-state index contributed by atoms with van der Waals surface area (Å²) in [5, 5.41) is 9.76. The summed E-state index contributed by atoms with van der Waals surface area (Å²) in [4.78, 5) is 9.78. The van der Waals surface area contributed by atoms with E-state index in [1.165, 1.54) is 0 Å². The Bertz CT molecular complexity index is 322. The minimum Gasteiger partial charge on any atom is -0.388 e. The lowest BCUT2D eigenvalue weighted by Crippen LogP contribution is -1.96. The van der Waals surface area contributed by atoms with Crippen LogP contribution in [0.15, 0.2) is 18.2 Å². The maximum atomic E-state index is 9.76. The first-order valence-electron chi connectivity index (χ1n) is 4.91. The lowest BCUT2D eigenvalue weighted by molar-refractivity contribution is -0.194. The van der Waals surface area contributed by atoms with Crippen molar-refractivity contribution in [2.24, 2.45) is 0 Å². The molecule has 14 heavy (non-hydrogen) atoms. The molecular formula is C11H14O3. The average molecular weight is 194 g/mol. The fourth-order valence-electron chi connectivity index (χ4n) is 1.57. The molecule has 0 radical (unpaired) electrons. The Morgan fingerprint density at radius 2 is 2.36 bits per heavy atom. The van der Waals surface area contributed by atoms with E-state index in [1.807, 2.05) is 18.2 Å². The summed E-state index contributed by atoms with van der Waals surface area (Å²) >= 11 is 0. The van der Waals surface area contributed by atoms with E-state index in [2.05, 4.69) is 6.92 Å². The van der Waals surface area contributed by atoms with E-state index in [1.54, 1.807) is 0 Å². The Kier molecular flexibility index (Phi) is 2.70. The van der Waals surface area contributed by atoms with Crippen molar-refractivity contribution in [3.05, 3.63) is 29.3 Å². The molecule has 1 aliphatic heterocycles. The monoisotopic (exact) mass is 194 g/mol. The maximum absolute atomic E-state index is 9.76. The summed E-state index contributed by atoms with van der Waals surface area (Å²) in [6.45, 7) is 2.55. The zero-order valence-corrected chi connectivity index (χ0v) is 8.19. The van der Waals surface area contributed by atoms with Gasteiger partial charge in [0.1, 0.15) is 6.61 Å². The van der Waals surface area contributed by atoms with Gasteiger partial charge < -0.3 is 9.99 Å². The van der Waals surface area contributed by atoms with Crippen LogP contribution in [0.3, 0.4) is 0 Å². The summed E-state index contributed by atoms with van der Waals surface area (Å²) in [7, 11) is 0. The molecule has 1 atom stereocenters. The summed E-state index contributed by atoms with van der Waals surface area (Å²) in [6, 6.07) is 5.72. The van der Waals surface area contributed by atoms with E-state index in [0.29, 0.717) is 6.61 Å². The van der Waals surface area contributed by atoms with Crippen molar-refractivity contribution in [1.82, 2.24) is 0 Å². The van der Waals surface area contributed by atoms with Gasteiger partial charge in [-0.3, -0.25) is 0 Å². The van der Waals surface area contributed by atoms with Gasteiger partial charge in [0.15, 0.2) is 5.75 Å². The van der Waals surface area contributed by atoms with Crippen molar-refractivity contribution >= 4 is 0 Å². The zero-order chi connectivity index (χ0) is 9.97.